The maximum absolute atomic E-state index is 11.9. The highest BCUT2D eigenvalue weighted by atomic mass is 16.5. The van der Waals surface area contributed by atoms with Gasteiger partial charge in [-0.05, 0) is 13.0 Å². The number of benzene rings is 1. The summed E-state index contributed by atoms with van der Waals surface area (Å²) in [5, 5.41) is 3.19. The van der Waals surface area contributed by atoms with Crippen molar-refractivity contribution in [2.75, 3.05) is 21.3 Å². The van der Waals surface area contributed by atoms with Crippen LogP contribution < -0.4 is 14.8 Å². The van der Waals surface area contributed by atoms with E-state index in [4.69, 9.17) is 9.47 Å². The number of nitrogens with zero attached hydrogens (tertiary/aromatic N) is 1. The molecular weight excluding hydrogens is 272 g/mol. The maximum Gasteiger partial charge on any atom is 0.246 e. The van der Waals surface area contributed by atoms with Crippen LogP contribution >= 0.6 is 0 Å². The van der Waals surface area contributed by atoms with Crippen molar-refractivity contribution in [1.29, 1.82) is 0 Å². The summed E-state index contributed by atoms with van der Waals surface area (Å²) >= 11 is 0. The minimum Gasteiger partial charge on any atom is -0.497 e. The van der Waals surface area contributed by atoms with E-state index in [1.165, 1.54) is 7.05 Å². The molecule has 0 spiro atoms. The summed E-state index contributed by atoms with van der Waals surface area (Å²) < 4.78 is 10.5. The standard InChI is InChI=1S/C15H20N2O4/c1-9(16-12-8-14(18)17(2)15(12)19)11-6-5-10(20-3)7-13(11)21-4/h5-7,9,12,16H,8H2,1-4H3. The van der Waals surface area contributed by atoms with Gasteiger partial charge in [0.2, 0.25) is 11.8 Å². The number of amides is 2. The number of nitrogens with one attached hydrogen (secondary N) is 1. The molecule has 21 heavy (non-hydrogen) atoms. The molecule has 1 N–H and O–H groups in total. The van der Waals surface area contributed by atoms with Crippen LogP contribution in [0.5, 0.6) is 11.5 Å². The summed E-state index contributed by atoms with van der Waals surface area (Å²) in [5.41, 5.74) is 0.910. The summed E-state index contributed by atoms with van der Waals surface area (Å²) in [4.78, 5) is 24.6. The lowest BCUT2D eigenvalue weighted by Crippen LogP contribution is -2.38. The molecule has 1 saturated heterocycles. The molecule has 1 heterocycles. The Morgan fingerprint density at radius 2 is 2.00 bits per heavy atom. The van der Waals surface area contributed by atoms with Gasteiger partial charge >= 0.3 is 0 Å². The van der Waals surface area contributed by atoms with E-state index in [2.05, 4.69) is 5.32 Å². The summed E-state index contributed by atoms with van der Waals surface area (Å²) in [6.07, 6.45) is 0.193. The summed E-state index contributed by atoms with van der Waals surface area (Å²) in [6, 6.07) is 4.91. The van der Waals surface area contributed by atoms with Crippen molar-refractivity contribution < 1.29 is 19.1 Å². The van der Waals surface area contributed by atoms with Gasteiger partial charge in [-0.1, -0.05) is 6.07 Å². The SMILES string of the molecule is COc1ccc(C(C)NC2CC(=O)N(C)C2=O)c(OC)c1. The first-order valence-electron chi connectivity index (χ1n) is 6.76. The van der Waals surface area contributed by atoms with Crippen LogP contribution in [0.2, 0.25) is 0 Å². The van der Waals surface area contributed by atoms with Gasteiger partial charge in [0.25, 0.3) is 0 Å². The second-order valence-corrected chi connectivity index (χ2v) is 5.04. The van der Waals surface area contributed by atoms with Gasteiger partial charge in [-0.25, -0.2) is 0 Å². The zero-order valence-electron chi connectivity index (χ0n) is 12.7. The monoisotopic (exact) mass is 292 g/mol. The van der Waals surface area contributed by atoms with E-state index in [1.54, 1.807) is 20.3 Å². The minimum absolute atomic E-state index is 0.126. The van der Waals surface area contributed by atoms with Crippen LogP contribution in [0.1, 0.15) is 24.9 Å². The number of hydrogen-bond donors (Lipinski definition) is 1. The zero-order chi connectivity index (χ0) is 15.6. The van der Waals surface area contributed by atoms with Crippen LogP contribution in [0.15, 0.2) is 18.2 Å². The van der Waals surface area contributed by atoms with E-state index in [0.29, 0.717) is 11.5 Å². The molecule has 2 atom stereocenters. The van der Waals surface area contributed by atoms with Gasteiger partial charge in [0.1, 0.15) is 11.5 Å². The maximum atomic E-state index is 11.9. The topological polar surface area (TPSA) is 67.9 Å². The van der Waals surface area contributed by atoms with Crippen LogP contribution in [0.25, 0.3) is 0 Å². The Morgan fingerprint density at radius 3 is 2.52 bits per heavy atom. The number of hydrogen-bond acceptors (Lipinski definition) is 5. The third kappa shape index (κ3) is 3.00. The molecule has 2 rings (SSSR count). The fourth-order valence-corrected chi connectivity index (χ4v) is 2.45. The van der Waals surface area contributed by atoms with Crippen LogP contribution in [-0.4, -0.2) is 44.0 Å². The largest absolute Gasteiger partial charge is 0.497 e. The number of carbonyl (C=O) groups excluding carboxylic acids is 2. The number of methoxy groups -OCH3 is 2. The fourth-order valence-electron chi connectivity index (χ4n) is 2.45. The van der Waals surface area contributed by atoms with Gasteiger partial charge in [0.15, 0.2) is 0 Å². The van der Waals surface area contributed by atoms with Crippen LogP contribution in [0.4, 0.5) is 0 Å². The summed E-state index contributed by atoms with van der Waals surface area (Å²) in [6.45, 7) is 1.93. The van der Waals surface area contributed by atoms with E-state index in [9.17, 15) is 9.59 Å². The molecule has 2 amide bonds. The molecule has 1 aliphatic heterocycles. The van der Waals surface area contributed by atoms with E-state index in [0.717, 1.165) is 10.5 Å². The molecule has 1 aliphatic rings. The predicted molar refractivity (Wildman–Crippen MR) is 77.3 cm³/mol. The molecule has 0 aliphatic carbocycles. The van der Waals surface area contributed by atoms with E-state index < -0.39 is 6.04 Å². The first kappa shape index (κ1) is 15.3. The lowest BCUT2D eigenvalue weighted by Gasteiger charge is -2.20. The number of rotatable bonds is 5. The second kappa shape index (κ2) is 6.13. The Hall–Kier alpha value is -2.08. The minimum atomic E-state index is -0.482. The Kier molecular flexibility index (Phi) is 4.47. The zero-order valence-corrected chi connectivity index (χ0v) is 12.7. The van der Waals surface area contributed by atoms with Gasteiger partial charge in [-0.15, -0.1) is 0 Å². The molecule has 1 aromatic rings. The van der Waals surface area contributed by atoms with Crippen molar-refractivity contribution in [1.82, 2.24) is 10.2 Å². The van der Waals surface area contributed by atoms with Gasteiger partial charge in [0.05, 0.1) is 26.7 Å². The van der Waals surface area contributed by atoms with Crippen molar-refractivity contribution in [2.24, 2.45) is 0 Å². The van der Waals surface area contributed by atoms with Gasteiger partial charge in [0, 0.05) is 24.7 Å². The van der Waals surface area contributed by atoms with Crippen LogP contribution in [-0.2, 0) is 9.59 Å². The van der Waals surface area contributed by atoms with Crippen molar-refractivity contribution in [2.45, 2.75) is 25.4 Å². The van der Waals surface area contributed by atoms with Gasteiger partial charge < -0.3 is 9.47 Å². The smallest absolute Gasteiger partial charge is 0.246 e. The lowest BCUT2D eigenvalue weighted by molar-refractivity contribution is -0.137. The summed E-state index contributed by atoms with van der Waals surface area (Å²) in [7, 11) is 4.68. The van der Waals surface area contributed by atoms with Crippen molar-refractivity contribution in [3.05, 3.63) is 23.8 Å². The van der Waals surface area contributed by atoms with Crippen molar-refractivity contribution >= 4 is 11.8 Å². The van der Waals surface area contributed by atoms with E-state index >= 15 is 0 Å². The fraction of sp³-hybridized carbons (Fsp3) is 0.467. The first-order valence-corrected chi connectivity index (χ1v) is 6.76. The normalized spacial score (nSPS) is 19.8. The molecule has 2 unspecified atom stereocenters. The Morgan fingerprint density at radius 1 is 1.29 bits per heavy atom. The molecule has 0 aromatic heterocycles. The Bertz CT molecular complexity index is 559. The average molecular weight is 292 g/mol. The van der Waals surface area contributed by atoms with E-state index in [-0.39, 0.29) is 24.3 Å². The molecule has 0 radical (unpaired) electrons. The number of likely N-dealkylation sites (N-methyl/N-ethyl adjacent to an activating group) is 1. The molecular formula is C15H20N2O4. The average Bonchev–Trinajstić information content (AvgIpc) is 2.73. The molecule has 1 aromatic carbocycles. The number of imide groups is 1. The van der Waals surface area contributed by atoms with Crippen molar-refractivity contribution in [3.8, 4) is 11.5 Å². The number of likely N-dealkylation sites (tertiary alicyclic amines) is 1. The first-order chi connectivity index (χ1) is 9.97. The molecule has 6 nitrogen and oxygen atoms in total. The lowest BCUT2D eigenvalue weighted by atomic mass is 10.1. The van der Waals surface area contributed by atoms with Gasteiger partial charge in [-0.2, -0.15) is 0 Å². The molecule has 0 bridgehead atoms. The highest BCUT2D eigenvalue weighted by Gasteiger charge is 2.36. The van der Waals surface area contributed by atoms with Crippen LogP contribution in [0.3, 0.4) is 0 Å². The molecule has 114 valence electrons. The third-order valence-electron chi connectivity index (χ3n) is 3.74. The third-order valence-corrected chi connectivity index (χ3v) is 3.74. The Labute approximate surface area is 124 Å². The highest BCUT2D eigenvalue weighted by molar-refractivity contribution is 6.05. The quantitative estimate of drug-likeness (QED) is 0.824. The van der Waals surface area contributed by atoms with E-state index in [1.807, 2.05) is 19.1 Å². The molecule has 0 saturated carbocycles. The van der Waals surface area contributed by atoms with Gasteiger partial charge in [-0.3, -0.25) is 19.8 Å². The molecule has 6 heteroatoms. The highest BCUT2D eigenvalue weighted by Crippen LogP contribution is 2.30. The number of carbonyl (C=O) groups is 2. The summed E-state index contributed by atoms with van der Waals surface area (Å²) in [5.74, 6) is 1.03. The van der Waals surface area contributed by atoms with Crippen molar-refractivity contribution in [3.63, 3.8) is 0 Å². The Balaban J connectivity index is 2.15. The predicted octanol–water partition coefficient (Wildman–Crippen LogP) is 1.11. The van der Waals surface area contributed by atoms with Crippen LogP contribution in [0, 0.1) is 0 Å². The number of ether oxygens (including phenoxy) is 2. The molecule has 1 fully saturated rings. The second-order valence-electron chi connectivity index (χ2n) is 5.04.